The SMILES string of the molecule is C[C@]12C(=O)N(Cc3ccccc3)CC(=O)N1C[C@@H](c1ccc(Cl)cc1)c1c2[nH]c2ccccc12. The Morgan fingerprint density at radius 1 is 0.971 bits per heavy atom. The van der Waals surface area contributed by atoms with Gasteiger partial charge in [0.15, 0.2) is 5.54 Å². The summed E-state index contributed by atoms with van der Waals surface area (Å²) in [6.45, 7) is 2.81. The van der Waals surface area contributed by atoms with Gasteiger partial charge in [-0.1, -0.05) is 72.3 Å². The van der Waals surface area contributed by atoms with Crippen LogP contribution in [0.25, 0.3) is 10.9 Å². The Balaban J connectivity index is 1.52. The van der Waals surface area contributed by atoms with E-state index >= 15 is 0 Å². The molecule has 0 saturated carbocycles. The van der Waals surface area contributed by atoms with Crippen LogP contribution in [0.15, 0.2) is 78.9 Å². The van der Waals surface area contributed by atoms with Crippen molar-refractivity contribution >= 4 is 34.3 Å². The molecule has 0 aliphatic carbocycles. The van der Waals surface area contributed by atoms with E-state index in [9.17, 15) is 9.59 Å². The molecule has 0 unspecified atom stereocenters. The molecule has 4 aromatic rings. The minimum atomic E-state index is -1.10. The van der Waals surface area contributed by atoms with Crippen molar-refractivity contribution in [3.63, 3.8) is 0 Å². The highest BCUT2D eigenvalue weighted by atomic mass is 35.5. The molecule has 170 valence electrons. The maximum Gasteiger partial charge on any atom is 0.255 e. The molecule has 2 aliphatic heterocycles. The normalized spacial score (nSPS) is 22.1. The average Bonchev–Trinajstić information content (AvgIpc) is 3.25. The molecule has 0 bridgehead atoms. The molecule has 5 nitrogen and oxygen atoms in total. The Morgan fingerprint density at radius 2 is 1.68 bits per heavy atom. The third-order valence-corrected chi connectivity index (χ3v) is 7.56. The molecule has 34 heavy (non-hydrogen) atoms. The van der Waals surface area contributed by atoms with Gasteiger partial charge in [0.2, 0.25) is 5.91 Å². The van der Waals surface area contributed by atoms with Gasteiger partial charge >= 0.3 is 0 Å². The van der Waals surface area contributed by atoms with E-state index in [1.807, 2.05) is 79.7 Å². The number of carbonyl (C=O) groups excluding carboxylic acids is 2. The van der Waals surface area contributed by atoms with Crippen LogP contribution >= 0.6 is 11.6 Å². The first-order valence-electron chi connectivity index (χ1n) is 11.5. The van der Waals surface area contributed by atoms with Crippen molar-refractivity contribution in [2.45, 2.75) is 24.9 Å². The Hall–Kier alpha value is -3.57. The van der Waals surface area contributed by atoms with Gasteiger partial charge in [-0.15, -0.1) is 0 Å². The standard InChI is InChI=1S/C28H24ClN3O2/c1-28-26-25(21-9-5-6-10-23(21)30-26)22(19-11-13-20(29)14-12-19)16-32(28)24(33)17-31(27(28)34)15-18-7-3-2-4-8-18/h2-14,22,30H,15-17H2,1H3/t22-,28-/m0/s1. The smallest absolute Gasteiger partial charge is 0.255 e. The predicted octanol–water partition coefficient (Wildman–Crippen LogP) is 5.05. The summed E-state index contributed by atoms with van der Waals surface area (Å²) in [6.07, 6.45) is 0. The second-order valence-corrected chi connectivity index (χ2v) is 9.72. The van der Waals surface area contributed by atoms with Crippen LogP contribution in [-0.2, 0) is 21.7 Å². The fraction of sp³-hybridized carbons (Fsp3) is 0.214. The number of rotatable bonds is 3. The van der Waals surface area contributed by atoms with Gasteiger partial charge < -0.3 is 14.8 Å². The zero-order chi connectivity index (χ0) is 23.4. The maximum absolute atomic E-state index is 14.1. The number of halogens is 1. The van der Waals surface area contributed by atoms with E-state index in [1.165, 1.54) is 0 Å². The Labute approximate surface area is 202 Å². The van der Waals surface area contributed by atoms with Gasteiger partial charge in [-0.3, -0.25) is 9.59 Å². The highest BCUT2D eigenvalue weighted by molar-refractivity contribution is 6.30. The second-order valence-electron chi connectivity index (χ2n) is 9.29. The van der Waals surface area contributed by atoms with E-state index in [1.54, 1.807) is 9.80 Å². The number of amides is 2. The molecule has 1 N–H and O–H groups in total. The largest absolute Gasteiger partial charge is 0.356 e. The molecule has 2 atom stereocenters. The fourth-order valence-electron chi connectivity index (χ4n) is 5.60. The minimum Gasteiger partial charge on any atom is -0.356 e. The third kappa shape index (κ3) is 3.07. The highest BCUT2D eigenvalue weighted by Gasteiger charge is 2.56. The molecular formula is C28H24ClN3O2. The van der Waals surface area contributed by atoms with Crippen LogP contribution in [0.5, 0.6) is 0 Å². The van der Waals surface area contributed by atoms with Crippen molar-refractivity contribution in [1.82, 2.24) is 14.8 Å². The Kier molecular flexibility index (Phi) is 4.78. The van der Waals surface area contributed by atoms with E-state index in [4.69, 9.17) is 11.6 Å². The molecule has 1 aromatic heterocycles. The molecule has 2 amide bonds. The van der Waals surface area contributed by atoms with Crippen LogP contribution in [0.3, 0.4) is 0 Å². The third-order valence-electron chi connectivity index (χ3n) is 7.31. The quantitative estimate of drug-likeness (QED) is 0.456. The van der Waals surface area contributed by atoms with Gasteiger partial charge in [-0.25, -0.2) is 0 Å². The lowest BCUT2D eigenvalue weighted by atomic mass is 9.76. The number of hydrogen-bond donors (Lipinski definition) is 1. The van der Waals surface area contributed by atoms with Crippen molar-refractivity contribution in [3.05, 3.63) is 106 Å². The number of piperazine rings is 1. The van der Waals surface area contributed by atoms with E-state index in [2.05, 4.69) is 11.1 Å². The van der Waals surface area contributed by atoms with Crippen molar-refractivity contribution in [1.29, 1.82) is 0 Å². The fourth-order valence-corrected chi connectivity index (χ4v) is 5.73. The van der Waals surface area contributed by atoms with Gasteiger partial charge in [-0.05, 0) is 41.8 Å². The molecule has 2 aliphatic rings. The van der Waals surface area contributed by atoms with Gasteiger partial charge in [0.05, 0.1) is 5.69 Å². The van der Waals surface area contributed by atoms with E-state index in [0.717, 1.165) is 33.3 Å². The van der Waals surface area contributed by atoms with Crippen LogP contribution in [0.4, 0.5) is 0 Å². The molecular weight excluding hydrogens is 446 g/mol. The van der Waals surface area contributed by atoms with Crippen LogP contribution < -0.4 is 0 Å². The summed E-state index contributed by atoms with van der Waals surface area (Å²) in [4.78, 5) is 34.6. The lowest BCUT2D eigenvalue weighted by molar-refractivity contribution is -0.166. The number of H-pyrrole nitrogens is 1. The Bertz CT molecular complexity index is 1410. The van der Waals surface area contributed by atoms with Crippen molar-refractivity contribution in [2.75, 3.05) is 13.1 Å². The molecule has 1 saturated heterocycles. The average molecular weight is 470 g/mol. The van der Waals surface area contributed by atoms with Crippen molar-refractivity contribution in [2.24, 2.45) is 0 Å². The summed E-state index contributed by atoms with van der Waals surface area (Å²) >= 11 is 6.16. The summed E-state index contributed by atoms with van der Waals surface area (Å²) in [5.74, 6) is -0.159. The monoisotopic (exact) mass is 469 g/mol. The molecule has 1 fully saturated rings. The number of fused-ring (bicyclic) bond motifs is 5. The minimum absolute atomic E-state index is 0.0405. The molecule has 6 heteroatoms. The number of nitrogens with one attached hydrogen (secondary N) is 1. The van der Waals surface area contributed by atoms with E-state index in [0.29, 0.717) is 18.1 Å². The first-order valence-corrected chi connectivity index (χ1v) is 11.8. The van der Waals surface area contributed by atoms with Gasteiger partial charge in [0, 0.05) is 34.9 Å². The summed E-state index contributed by atoms with van der Waals surface area (Å²) in [7, 11) is 0. The number of aromatic amines is 1. The molecule has 6 rings (SSSR count). The zero-order valence-electron chi connectivity index (χ0n) is 18.8. The van der Waals surface area contributed by atoms with Crippen molar-refractivity contribution < 1.29 is 9.59 Å². The number of benzene rings is 3. The van der Waals surface area contributed by atoms with Crippen LogP contribution in [0.2, 0.25) is 5.02 Å². The second kappa shape index (κ2) is 7.74. The van der Waals surface area contributed by atoms with Crippen LogP contribution in [0.1, 0.15) is 35.2 Å². The first kappa shape index (κ1) is 21.0. The number of nitrogens with zero attached hydrogens (tertiary/aromatic N) is 2. The van der Waals surface area contributed by atoms with E-state index in [-0.39, 0.29) is 24.3 Å². The van der Waals surface area contributed by atoms with Gasteiger partial charge in [0.25, 0.3) is 5.91 Å². The lowest BCUT2D eigenvalue weighted by Crippen LogP contribution is -2.67. The van der Waals surface area contributed by atoms with Gasteiger partial charge in [-0.2, -0.15) is 0 Å². The summed E-state index contributed by atoms with van der Waals surface area (Å²) in [5, 5.41) is 1.75. The van der Waals surface area contributed by atoms with Crippen LogP contribution in [0, 0.1) is 0 Å². The topological polar surface area (TPSA) is 56.4 Å². The lowest BCUT2D eigenvalue weighted by Gasteiger charge is -2.51. The number of aromatic nitrogens is 1. The number of hydrogen-bond acceptors (Lipinski definition) is 2. The first-order chi connectivity index (χ1) is 16.5. The molecule has 3 heterocycles. The van der Waals surface area contributed by atoms with Crippen molar-refractivity contribution in [3.8, 4) is 0 Å². The molecule has 0 spiro atoms. The Morgan fingerprint density at radius 3 is 2.44 bits per heavy atom. The van der Waals surface area contributed by atoms with E-state index < -0.39 is 5.54 Å². The highest BCUT2D eigenvalue weighted by Crippen LogP contribution is 2.48. The zero-order valence-corrected chi connectivity index (χ0v) is 19.5. The predicted molar refractivity (Wildman–Crippen MR) is 133 cm³/mol. The molecule has 0 radical (unpaired) electrons. The molecule has 3 aromatic carbocycles. The number of carbonyl (C=O) groups is 2. The summed E-state index contributed by atoms with van der Waals surface area (Å²) in [6, 6.07) is 25.7. The summed E-state index contributed by atoms with van der Waals surface area (Å²) < 4.78 is 0. The van der Waals surface area contributed by atoms with Gasteiger partial charge in [0.1, 0.15) is 6.54 Å². The summed E-state index contributed by atoms with van der Waals surface area (Å²) in [5.41, 5.74) is 3.84. The number of para-hydroxylation sites is 1. The van der Waals surface area contributed by atoms with Crippen LogP contribution in [-0.4, -0.2) is 39.7 Å². The maximum atomic E-state index is 14.1.